The van der Waals surface area contributed by atoms with Crippen molar-refractivity contribution in [1.29, 1.82) is 0 Å². The van der Waals surface area contributed by atoms with Crippen molar-refractivity contribution in [2.75, 3.05) is 52.6 Å². The van der Waals surface area contributed by atoms with Gasteiger partial charge in [-0.1, -0.05) is 71.9 Å². The first-order chi connectivity index (χ1) is 22.6. The van der Waals surface area contributed by atoms with Gasteiger partial charge in [-0.15, -0.1) is 0 Å². The number of hydrazine groups is 1. The molecule has 0 unspecified atom stereocenters. The van der Waals surface area contributed by atoms with Gasteiger partial charge in [-0.05, 0) is 35.4 Å². The molecule has 0 aromatic heterocycles. The molecular formula is C34H39N7O5. The monoisotopic (exact) mass is 625 g/mol. The predicted octanol–water partition coefficient (Wildman–Crippen LogP) is 4.70. The molecule has 2 heterocycles. The van der Waals surface area contributed by atoms with Crippen LogP contribution in [0.2, 0.25) is 0 Å². The standard InChI is InChI=1S/C34H39N7O5/c35-40-38-30-12-5-4-11-29(30)31-34(17-6-10-26-8-2-1-3-9-26,33(43)39-36-18-19-41-20-24-44-25-21-41)37-32(46-31)27-13-15-28(16-14-27)45-23-7-22-42/h1-6,8-16,31,36,42H,7,17-25H2,(H,39,43)/b10-6+/t31-,34-/m0/s1. The van der Waals surface area contributed by atoms with Crippen molar-refractivity contribution < 1.29 is 24.1 Å². The van der Waals surface area contributed by atoms with E-state index in [1.807, 2.05) is 60.7 Å². The highest BCUT2D eigenvalue weighted by molar-refractivity contribution is 6.01. The van der Waals surface area contributed by atoms with E-state index in [0.29, 0.717) is 55.4 Å². The zero-order valence-corrected chi connectivity index (χ0v) is 25.6. The molecule has 3 aromatic rings. The molecule has 1 saturated heterocycles. The lowest BCUT2D eigenvalue weighted by Crippen LogP contribution is -2.54. The molecule has 0 spiro atoms. The van der Waals surface area contributed by atoms with Gasteiger partial charge in [0.05, 0.1) is 19.8 Å². The molecule has 2 aliphatic rings. The Bertz CT molecular complexity index is 1540. The quantitative estimate of drug-likeness (QED) is 0.0727. The summed E-state index contributed by atoms with van der Waals surface area (Å²) in [4.78, 5) is 24.6. The van der Waals surface area contributed by atoms with Crippen LogP contribution in [0.3, 0.4) is 0 Å². The fourth-order valence-corrected chi connectivity index (χ4v) is 5.37. The van der Waals surface area contributed by atoms with Crippen molar-refractivity contribution in [2.45, 2.75) is 24.5 Å². The summed E-state index contributed by atoms with van der Waals surface area (Å²) >= 11 is 0. The molecule has 240 valence electrons. The molecule has 3 N–H and O–H groups in total. The van der Waals surface area contributed by atoms with Crippen LogP contribution in [0.25, 0.3) is 16.5 Å². The largest absolute Gasteiger partial charge is 0.494 e. The van der Waals surface area contributed by atoms with Crippen LogP contribution >= 0.6 is 0 Å². The maximum atomic E-state index is 14.3. The van der Waals surface area contributed by atoms with Gasteiger partial charge in [0.15, 0.2) is 11.6 Å². The third-order valence-electron chi connectivity index (χ3n) is 7.80. The van der Waals surface area contributed by atoms with E-state index in [1.54, 1.807) is 30.3 Å². The highest BCUT2D eigenvalue weighted by Crippen LogP contribution is 2.45. The molecular weight excluding hydrogens is 586 g/mol. The average molecular weight is 626 g/mol. The minimum absolute atomic E-state index is 0.0480. The summed E-state index contributed by atoms with van der Waals surface area (Å²) in [6, 6.07) is 24.1. The average Bonchev–Trinajstić information content (AvgIpc) is 3.49. The molecule has 2 atom stereocenters. The zero-order valence-electron chi connectivity index (χ0n) is 25.6. The Kier molecular flexibility index (Phi) is 11.8. The molecule has 5 rings (SSSR count). The van der Waals surface area contributed by atoms with Gasteiger partial charge in [-0.2, -0.15) is 0 Å². The van der Waals surface area contributed by atoms with Crippen molar-refractivity contribution in [1.82, 2.24) is 15.8 Å². The van der Waals surface area contributed by atoms with Gasteiger partial charge in [0.2, 0.25) is 5.90 Å². The van der Waals surface area contributed by atoms with Gasteiger partial charge in [-0.25, -0.2) is 10.4 Å². The molecule has 0 saturated carbocycles. The lowest BCUT2D eigenvalue weighted by Gasteiger charge is -2.31. The number of carbonyl (C=O) groups is 1. The van der Waals surface area contributed by atoms with Crippen LogP contribution in [0.15, 0.2) is 95.0 Å². The molecule has 2 aliphatic heterocycles. The maximum absolute atomic E-state index is 14.3. The first kappa shape index (κ1) is 32.7. The summed E-state index contributed by atoms with van der Waals surface area (Å²) in [5.74, 6) is 0.534. The summed E-state index contributed by atoms with van der Waals surface area (Å²) in [6.07, 6.45) is 3.67. The Labute approximate surface area is 268 Å². The summed E-state index contributed by atoms with van der Waals surface area (Å²) in [7, 11) is 0. The lowest BCUT2D eigenvalue weighted by molar-refractivity contribution is -0.129. The van der Waals surface area contributed by atoms with E-state index in [1.165, 1.54) is 0 Å². The molecule has 1 fully saturated rings. The number of nitrogens with zero attached hydrogens (tertiary/aromatic N) is 5. The number of aliphatic hydroxyl groups is 1. The summed E-state index contributed by atoms with van der Waals surface area (Å²) in [6.45, 7) is 4.78. The molecule has 12 heteroatoms. The van der Waals surface area contributed by atoms with Gasteiger partial charge in [0, 0.05) is 67.4 Å². The number of ether oxygens (including phenoxy) is 3. The van der Waals surface area contributed by atoms with Crippen molar-refractivity contribution in [3.05, 3.63) is 112 Å². The number of rotatable bonds is 15. The number of aliphatic hydroxyl groups excluding tert-OH is 1. The Hall–Kier alpha value is -4.71. The third kappa shape index (κ3) is 8.30. The van der Waals surface area contributed by atoms with Crippen LogP contribution in [0.4, 0.5) is 5.69 Å². The van der Waals surface area contributed by atoms with Gasteiger partial charge in [0.25, 0.3) is 5.91 Å². The molecule has 0 aliphatic carbocycles. The van der Waals surface area contributed by atoms with E-state index in [9.17, 15) is 10.3 Å². The van der Waals surface area contributed by atoms with Crippen LogP contribution in [0, 0.1) is 0 Å². The maximum Gasteiger partial charge on any atom is 0.266 e. The van der Waals surface area contributed by atoms with Crippen LogP contribution in [0.5, 0.6) is 5.75 Å². The van der Waals surface area contributed by atoms with E-state index in [0.717, 1.165) is 25.2 Å². The smallest absolute Gasteiger partial charge is 0.266 e. The van der Waals surface area contributed by atoms with E-state index < -0.39 is 11.6 Å². The molecule has 0 radical (unpaired) electrons. The highest BCUT2D eigenvalue weighted by Gasteiger charge is 2.53. The zero-order chi connectivity index (χ0) is 32.0. The Morgan fingerprint density at radius 3 is 2.63 bits per heavy atom. The van der Waals surface area contributed by atoms with Crippen LogP contribution in [-0.4, -0.2) is 80.0 Å². The SMILES string of the molecule is [N-]=[N+]=Nc1ccccc1[C@@H]1OC(c2ccc(OCCCO)cc2)=N[C@]1(C/C=C/c1ccccc1)C(=O)NNCCN1CCOCC1. The minimum atomic E-state index is -1.45. The molecule has 3 aromatic carbocycles. The fourth-order valence-electron chi connectivity index (χ4n) is 5.37. The molecule has 12 nitrogen and oxygen atoms in total. The second-order valence-corrected chi connectivity index (χ2v) is 10.9. The van der Waals surface area contributed by atoms with Crippen LogP contribution in [-0.2, 0) is 14.3 Å². The first-order valence-electron chi connectivity index (χ1n) is 15.4. The Balaban J connectivity index is 1.48. The van der Waals surface area contributed by atoms with Gasteiger partial charge >= 0.3 is 0 Å². The minimum Gasteiger partial charge on any atom is -0.494 e. The fraction of sp³-hybridized carbons (Fsp3) is 0.353. The molecule has 46 heavy (non-hydrogen) atoms. The van der Waals surface area contributed by atoms with Gasteiger partial charge in [0.1, 0.15) is 5.75 Å². The van der Waals surface area contributed by atoms with E-state index in [2.05, 4.69) is 25.8 Å². The predicted molar refractivity (Wildman–Crippen MR) is 175 cm³/mol. The molecule has 1 amide bonds. The highest BCUT2D eigenvalue weighted by atomic mass is 16.5. The van der Waals surface area contributed by atoms with Crippen molar-refractivity contribution >= 4 is 23.6 Å². The third-order valence-corrected chi connectivity index (χ3v) is 7.80. The number of hydrogen-bond donors (Lipinski definition) is 3. The van der Waals surface area contributed by atoms with E-state index >= 15 is 0 Å². The number of benzene rings is 3. The van der Waals surface area contributed by atoms with Gasteiger partial charge < -0.3 is 19.3 Å². The van der Waals surface area contributed by atoms with Crippen molar-refractivity contribution in [3.63, 3.8) is 0 Å². The number of azide groups is 1. The number of hydrogen-bond acceptors (Lipinski definition) is 9. The van der Waals surface area contributed by atoms with Crippen LogP contribution in [0.1, 0.15) is 35.6 Å². The number of morpholine rings is 1. The number of aliphatic imine (C=N–C) groups is 1. The van der Waals surface area contributed by atoms with Crippen LogP contribution < -0.4 is 15.6 Å². The van der Waals surface area contributed by atoms with Gasteiger partial charge in [-0.3, -0.25) is 15.1 Å². The van der Waals surface area contributed by atoms with E-state index in [-0.39, 0.29) is 24.8 Å². The normalized spacial score (nSPS) is 19.7. The number of amides is 1. The number of nitrogens with one attached hydrogen (secondary N) is 2. The van der Waals surface area contributed by atoms with E-state index in [4.69, 9.17) is 24.3 Å². The van der Waals surface area contributed by atoms with Crippen molar-refractivity contribution in [3.8, 4) is 5.75 Å². The Morgan fingerprint density at radius 2 is 1.87 bits per heavy atom. The second kappa shape index (κ2) is 16.6. The topological polar surface area (TPSA) is 153 Å². The molecule has 0 bridgehead atoms. The summed E-state index contributed by atoms with van der Waals surface area (Å²) in [5.41, 5.74) is 16.4. The Morgan fingerprint density at radius 1 is 1.11 bits per heavy atom. The first-order valence-corrected chi connectivity index (χ1v) is 15.4. The summed E-state index contributed by atoms with van der Waals surface area (Å²) in [5, 5.41) is 13.0. The second-order valence-electron chi connectivity index (χ2n) is 10.9. The summed E-state index contributed by atoms with van der Waals surface area (Å²) < 4.78 is 17.7. The van der Waals surface area contributed by atoms with Crippen molar-refractivity contribution in [2.24, 2.45) is 10.1 Å². The lowest BCUT2D eigenvalue weighted by atomic mass is 9.83. The number of carbonyl (C=O) groups excluding carboxylic acids is 1.